The number of benzene rings is 1. The van der Waals surface area contributed by atoms with Crippen LogP contribution in [0.2, 0.25) is 0 Å². The van der Waals surface area contributed by atoms with Crippen LogP contribution in [0.4, 0.5) is 0 Å². The summed E-state index contributed by atoms with van der Waals surface area (Å²) < 4.78 is 16.1. The van der Waals surface area contributed by atoms with Gasteiger partial charge in [-0.2, -0.15) is 4.98 Å². The summed E-state index contributed by atoms with van der Waals surface area (Å²) in [7, 11) is 0. The molecule has 2 aromatic heterocycles. The molecule has 0 amide bonds. The highest BCUT2D eigenvalue weighted by atomic mass is 32.1. The first-order valence-corrected chi connectivity index (χ1v) is 8.52. The van der Waals surface area contributed by atoms with Gasteiger partial charge in [0.2, 0.25) is 6.79 Å². The standard InChI is InChI=1S/C16H14N4O3S/c17-16(4-1-5-16)15-19-13(23-20-15)12-7-18-14(24-12)9-2-3-10-11(6-9)22-8-21-10/h2-3,6-7H,1,4-5,8,17H2. The Balaban J connectivity index is 1.45. The summed E-state index contributed by atoms with van der Waals surface area (Å²) in [6.07, 6.45) is 4.65. The van der Waals surface area contributed by atoms with Crippen LogP contribution in [-0.4, -0.2) is 21.9 Å². The zero-order valence-electron chi connectivity index (χ0n) is 12.7. The van der Waals surface area contributed by atoms with E-state index >= 15 is 0 Å². The summed E-state index contributed by atoms with van der Waals surface area (Å²) >= 11 is 1.49. The third-order valence-electron chi connectivity index (χ3n) is 4.45. The predicted octanol–water partition coefficient (Wildman–Crippen LogP) is 2.93. The second kappa shape index (κ2) is 5.02. The van der Waals surface area contributed by atoms with Crippen molar-refractivity contribution in [2.75, 3.05) is 6.79 Å². The van der Waals surface area contributed by atoms with Crippen molar-refractivity contribution in [1.82, 2.24) is 15.1 Å². The monoisotopic (exact) mass is 342 g/mol. The molecule has 1 saturated carbocycles. The molecule has 0 atom stereocenters. The largest absolute Gasteiger partial charge is 0.454 e. The van der Waals surface area contributed by atoms with Gasteiger partial charge in [0, 0.05) is 5.56 Å². The number of rotatable bonds is 3. The fraction of sp³-hybridized carbons (Fsp3) is 0.312. The van der Waals surface area contributed by atoms with Gasteiger partial charge in [0.05, 0.1) is 11.7 Å². The van der Waals surface area contributed by atoms with Crippen LogP contribution in [0.5, 0.6) is 11.5 Å². The van der Waals surface area contributed by atoms with Crippen LogP contribution in [0, 0.1) is 0 Å². The molecule has 0 spiro atoms. The van der Waals surface area contributed by atoms with Crippen LogP contribution in [0.15, 0.2) is 28.9 Å². The van der Waals surface area contributed by atoms with E-state index in [1.165, 1.54) is 11.3 Å². The number of hydrogen-bond acceptors (Lipinski definition) is 8. The van der Waals surface area contributed by atoms with Crippen LogP contribution >= 0.6 is 11.3 Å². The van der Waals surface area contributed by atoms with Gasteiger partial charge in [0.25, 0.3) is 5.89 Å². The predicted molar refractivity (Wildman–Crippen MR) is 86.7 cm³/mol. The molecule has 2 aliphatic rings. The summed E-state index contributed by atoms with van der Waals surface area (Å²) in [5, 5.41) is 4.90. The Bertz CT molecular complexity index is 916. The number of aromatic nitrogens is 3. The van der Waals surface area contributed by atoms with Gasteiger partial charge in [-0.25, -0.2) is 4.98 Å². The molecule has 122 valence electrons. The van der Waals surface area contributed by atoms with Crippen molar-refractivity contribution in [2.45, 2.75) is 24.8 Å². The second-order valence-corrected chi connectivity index (χ2v) is 7.06. The molecule has 8 heteroatoms. The summed E-state index contributed by atoms with van der Waals surface area (Å²) in [5.74, 6) is 2.54. The maximum atomic E-state index is 6.24. The van der Waals surface area contributed by atoms with Gasteiger partial charge in [-0.05, 0) is 37.5 Å². The maximum Gasteiger partial charge on any atom is 0.269 e. The molecule has 24 heavy (non-hydrogen) atoms. The highest BCUT2D eigenvalue weighted by Gasteiger charge is 2.39. The zero-order chi connectivity index (χ0) is 16.1. The van der Waals surface area contributed by atoms with Crippen LogP contribution in [0.1, 0.15) is 25.1 Å². The van der Waals surface area contributed by atoms with Crippen LogP contribution in [0.3, 0.4) is 0 Å². The molecular formula is C16H14N4O3S. The van der Waals surface area contributed by atoms with Crippen molar-refractivity contribution in [3.8, 4) is 32.8 Å². The molecule has 0 bridgehead atoms. The van der Waals surface area contributed by atoms with E-state index in [2.05, 4.69) is 15.1 Å². The zero-order valence-corrected chi connectivity index (χ0v) is 13.5. The van der Waals surface area contributed by atoms with Crippen molar-refractivity contribution >= 4 is 11.3 Å². The molecule has 1 aliphatic carbocycles. The summed E-state index contributed by atoms with van der Waals surface area (Å²) in [6, 6.07) is 5.77. The molecule has 0 unspecified atom stereocenters. The Morgan fingerprint density at radius 1 is 1.17 bits per heavy atom. The van der Waals surface area contributed by atoms with Crippen molar-refractivity contribution in [1.29, 1.82) is 0 Å². The molecular weight excluding hydrogens is 328 g/mol. The Labute approximate surface area is 141 Å². The summed E-state index contributed by atoms with van der Waals surface area (Å²) in [4.78, 5) is 9.74. The number of nitrogens with two attached hydrogens (primary N) is 1. The number of hydrogen-bond donors (Lipinski definition) is 1. The fourth-order valence-electron chi connectivity index (χ4n) is 2.84. The Morgan fingerprint density at radius 3 is 2.88 bits per heavy atom. The molecule has 5 rings (SSSR count). The Hall–Kier alpha value is -2.45. The molecule has 0 saturated heterocycles. The van der Waals surface area contributed by atoms with Crippen molar-refractivity contribution in [2.24, 2.45) is 5.73 Å². The highest BCUT2D eigenvalue weighted by molar-refractivity contribution is 7.18. The second-order valence-electron chi connectivity index (χ2n) is 6.03. The van der Waals surface area contributed by atoms with Crippen LogP contribution in [0.25, 0.3) is 21.3 Å². The molecule has 2 N–H and O–H groups in total. The lowest BCUT2D eigenvalue weighted by molar-refractivity contribution is 0.174. The van der Waals surface area contributed by atoms with Gasteiger partial charge in [-0.15, -0.1) is 11.3 Å². The lowest BCUT2D eigenvalue weighted by Gasteiger charge is -2.34. The van der Waals surface area contributed by atoms with Gasteiger partial charge < -0.3 is 19.7 Å². The maximum absolute atomic E-state index is 6.24. The van der Waals surface area contributed by atoms with Crippen molar-refractivity contribution in [3.63, 3.8) is 0 Å². The van der Waals surface area contributed by atoms with Crippen LogP contribution < -0.4 is 15.2 Å². The Morgan fingerprint density at radius 2 is 2.04 bits per heavy atom. The summed E-state index contributed by atoms with van der Waals surface area (Å²) in [6.45, 7) is 0.257. The Kier molecular flexibility index (Phi) is 2.92. The molecule has 7 nitrogen and oxygen atoms in total. The van der Waals surface area contributed by atoms with E-state index in [0.717, 1.165) is 46.2 Å². The summed E-state index contributed by atoms with van der Waals surface area (Å²) in [5.41, 5.74) is 6.78. The lowest BCUT2D eigenvalue weighted by Crippen LogP contribution is -2.44. The van der Waals surface area contributed by atoms with E-state index in [1.54, 1.807) is 6.20 Å². The molecule has 0 radical (unpaired) electrons. The van der Waals surface area contributed by atoms with E-state index in [-0.39, 0.29) is 6.79 Å². The van der Waals surface area contributed by atoms with Gasteiger partial charge in [-0.3, -0.25) is 0 Å². The molecule has 3 aromatic rings. The topological polar surface area (TPSA) is 96.3 Å². The number of ether oxygens (including phenoxy) is 2. The first-order valence-electron chi connectivity index (χ1n) is 7.71. The first kappa shape index (κ1) is 13.9. The SMILES string of the molecule is NC1(c2noc(-c3cnc(-c4ccc5c(c4)OCO5)s3)n2)CCC1. The minimum absolute atomic E-state index is 0.257. The quantitative estimate of drug-likeness (QED) is 0.781. The van der Waals surface area contributed by atoms with E-state index < -0.39 is 5.54 Å². The molecule has 1 fully saturated rings. The van der Waals surface area contributed by atoms with E-state index in [1.807, 2.05) is 18.2 Å². The van der Waals surface area contributed by atoms with Gasteiger partial charge in [0.15, 0.2) is 17.3 Å². The number of nitrogens with zero attached hydrogens (tertiary/aromatic N) is 3. The molecule has 1 aromatic carbocycles. The first-order chi connectivity index (χ1) is 11.7. The smallest absolute Gasteiger partial charge is 0.269 e. The lowest BCUT2D eigenvalue weighted by atomic mass is 9.77. The molecule has 3 heterocycles. The third-order valence-corrected chi connectivity index (χ3v) is 5.49. The number of fused-ring (bicyclic) bond motifs is 1. The average molecular weight is 342 g/mol. The van der Waals surface area contributed by atoms with E-state index in [0.29, 0.717) is 11.7 Å². The third kappa shape index (κ3) is 2.10. The fourth-order valence-corrected chi connectivity index (χ4v) is 3.68. The van der Waals surface area contributed by atoms with E-state index in [9.17, 15) is 0 Å². The minimum atomic E-state index is -0.424. The van der Waals surface area contributed by atoms with E-state index in [4.69, 9.17) is 19.7 Å². The van der Waals surface area contributed by atoms with Gasteiger partial charge >= 0.3 is 0 Å². The highest BCUT2D eigenvalue weighted by Crippen LogP contribution is 2.40. The van der Waals surface area contributed by atoms with Crippen LogP contribution in [-0.2, 0) is 5.54 Å². The van der Waals surface area contributed by atoms with Gasteiger partial charge in [-0.1, -0.05) is 5.16 Å². The number of thiazole rings is 1. The normalized spacial score (nSPS) is 17.7. The van der Waals surface area contributed by atoms with Crippen molar-refractivity contribution < 1.29 is 14.0 Å². The van der Waals surface area contributed by atoms with Gasteiger partial charge in [0.1, 0.15) is 9.88 Å². The van der Waals surface area contributed by atoms with Crippen molar-refractivity contribution in [3.05, 3.63) is 30.2 Å². The minimum Gasteiger partial charge on any atom is -0.454 e. The average Bonchev–Trinajstić information content (AvgIpc) is 3.29. The molecule has 1 aliphatic heterocycles.